The van der Waals surface area contributed by atoms with Crippen molar-refractivity contribution in [2.24, 2.45) is 11.7 Å². The van der Waals surface area contributed by atoms with E-state index in [0.717, 1.165) is 5.56 Å². The molecule has 1 aromatic heterocycles. The largest absolute Gasteiger partial charge is 0.439 e. The van der Waals surface area contributed by atoms with Gasteiger partial charge in [-0.05, 0) is 30.2 Å². The number of benzene rings is 1. The zero-order chi connectivity index (χ0) is 12.4. The van der Waals surface area contributed by atoms with Crippen LogP contribution in [0.3, 0.4) is 0 Å². The first-order valence-electron chi connectivity index (χ1n) is 5.55. The molecule has 2 aromatic rings. The van der Waals surface area contributed by atoms with E-state index in [-0.39, 0.29) is 6.04 Å². The minimum Gasteiger partial charge on any atom is -0.439 e. The predicted molar refractivity (Wildman–Crippen MR) is 68.7 cm³/mol. The number of hydrogen-bond donors (Lipinski definition) is 1. The van der Waals surface area contributed by atoms with Gasteiger partial charge in [-0.2, -0.15) is 0 Å². The number of aromatic nitrogens is 1. The van der Waals surface area contributed by atoms with Gasteiger partial charge in [0.2, 0.25) is 5.89 Å². The minimum atomic E-state index is -0.170. The standard InChI is InChI=1S/C13H15ClN2O/c1-8(2)12(15)13-16-7-11(17-13)9-3-5-10(14)6-4-9/h3-8,12H,15H2,1-2H3. The Kier molecular flexibility index (Phi) is 3.50. The average molecular weight is 251 g/mol. The van der Waals surface area contributed by atoms with Crippen molar-refractivity contribution in [1.29, 1.82) is 0 Å². The van der Waals surface area contributed by atoms with Gasteiger partial charge in [0.25, 0.3) is 0 Å². The molecule has 1 atom stereocenters. The van der Waals surface area contributed by atoms with Crippen molar-refractivity contribution in [3.63, 3.8) is 0 Å². The maximum absolute atomic E-state index is 5.98. The molecule has 0 saturated heterocycles. The molecule has 90 valence electrons. The maximum atomic E-state index is 5.98. The summed E-state index contributed by atoms with van der Waals surface area (Å²) in [6.07, 6.45) is 1.70. The van der Waals surface area contributed by atoms with Gasteiger partial charge >= 0.3 is 0 Å². The third-order valence-corrected chi connectivity index (χ3v) is 2.91. The van der Waals surface area contributed by atoms with Crippen LogP contribution in [-0.4, -0.2) is 4.98 Å². The minimum absolute atomic E-state index is 0.170. The SMILES string of the molecule is CC(C)C(N)c1ncc(-c2ccc(Cl)cc2)o1. The van der Waals surface area contributed by atoms with Crippen LogP contribution >= 0.6 is 11.6 Å². The van der Waals surface area contributed by atoms with E-state index in [1.54, 1.807) is 6.20 Å². The Morgan fingerprint density at radius 1 is 1.24 bits per heavy atom. The number of halogens is 1. The highest BCUT2D eigenvalue weighted by molar-refractivity contribution is 6.30. The van der Waals surface area contributed by atoms with Crippen LogP contribution in [0.15, 0.2) is 34.9 Å². The summed E-state index contributed by atoms with van der Waals surface area (Å²) >= 11 is 5.83. The normalized spacial score (nSPS) is 13.0. The summed E-state index contributed by atoms with van der Waals surface area (Å²) < 4.78 is 5.65. The topological polar surface area (TPSA) is 52.0 Å². The monoisotopic (exact) mass is 250 g/mol. The Morgan fingerprint density at radius 3 is 2.47 bits per heavy atom. The first kappa shape index (κ1) is 12.1. The lowest BCUT2D eigenvalue weighted by atomic mass is 10.1. The Bertz CT molecular complexity index is 490. The molecule has 4 heteroatoms. The number of rotatable bonds is 3. The number of nitrogens with two attached hydrogens (primary N) is 1. The molecule has 0 saturated carbocycles. The Morgan fingerprint density at radius 2 is 1.88 bits per heavy atom. The third kappa shape index (κ3) is 2.68. The van der Waals surface area contributed by atoms with Gasteiger partial charge in [-0.15, -0.1) is 0 Å². The molecule has 1 unspecified atom stereocenters. The van der Waals surface area contributed by atoms with E-state index >= 15 is 0 Å². The Balaban J connectivity index is 2.26. The van der Waals surface area contributed by atoms with Gasteiger partial charge < -0.3 is 10.2 Å². The highest BCUT2D eigenvalue weighted by Gasteiger charge is 2.16. The zero-order valence-electron chi connectivity index (χ0n) is 9.85. The van der Waals surface area contributed by atoms with E-state index in [0.29, 0.717) is 22.6 Å². The molecule has 2 N–H and O–H groups in total. The van der Waals surface area contributed by atoms with Crippen molar-refractivity contribution in [2.45, 2.75) is 19.9 Å². The van der Waals surface area contributed by atoms with Gasteiger partial charge in [-0.1, -0.05) is 25.4 Å². The zero-order valence-corrected chi connectivity index (χ0v) is 10.6. The molecule has 0 aliphatic carbocycles. The van der Waals surface area contributed by atoms with E-state index in [4.69, 9.17) is 21.8 Å². The first-order valence-corrected chi connectivity index (χ1v) is 5.93. The quantitative estimate of drug-likeness (QED) is 0.905. The van der Waals surface area contributed by atoms with Gasteiger partial charge in [0, 0.05) is 10.6 Å². The maximum Gasteiger partial charge on any atom is 0.212 e. The van der Waals surface area contributed by atoms with Gasteiger partial charge in [-0.3, -0.25) is 0 Å². The smallest absolute Gasteiger partial charge is 0.212 e. The first-order chi connectivity index (χ1) is 8.08. The fourth-order valence-electron chi connectivity index (χ4n) is 1.47. The van der Waals surface area contributed by atoms with Crippen molar-refractivity contribution in [3.05, 3.63) is 41.4 Å². The Labute approximate surface area is 106 Å². The highest BCUT2D eigenvalue weighted by Crippen LogP contribution is 2.25. The molecule has 0 fully saturated rings. The van der Waals surface area contributed by atoms with E-state index in [1.807, 2.05) is 38.1 Å². The highest BCUT2D eigenvalue weighted by atomic mass is 35.5. The van der Waals surface area contributed by atoms with Crippen LogP contribution < -0.4 is 5.73 Å². The second-order valence-corrected chi connectivity index (χ2v) is 4.78. The number of nitrogens with zero attached hydrogens (tertiary/aromatic N) is 1. The Hall–Kier alpha value is -1.32. The van der Waals surface area contributed by atoms with E-state index in [1.165, 1.54) is 0 Å². The average Bonchev–Trinajstić information content (AvgIpc) is 2.78. The summed E-state index contributed by atoms with van der Waals surface area (Å²) in [5.74, 6) is 1.59. The van der Waals surface area contributed by atoms with Gasteiger partial charge in [0.15, 0.2) is 5.76 Å². The molecule has 0 aliphatic heterocycles. The molecular weight excluding hydrogens is 236 g/mol. The number of hydrogen-bond acceptors (Lipinski definition) is 3. The molecule has 0 aliphatic rings. The van der Waals surface area contributed by atoms with Crippen LogP contribution in [0.1, 0.15) is 25.8 Å². The molecule has 3 nitrogen and oxygen atoms in total. The van der Waals surface area contributed by atoms with Crippen molar-refractivity contribution in [3.8, 4) is 11.3 Å². The van der Waals surface area contributed by atoms with Crippen LogP contribution in [0.2, 0.25) is 5.02 Å². The van der Waals surface area contributed by atoms with Crippen molar-refractivity contribution in [2.75, 3.05) is 0 Å². The molecule has 0 radical (unpaired) electrons. The molecule has 1 aromatic carbocycles. The van der Waals surface area contributed by atoms with E-state index in [2.05, 4.69) is 4.98 Å². The van der Waals surface area contributed by atoms with Gasteiger partial charge in [0.05, 0.1) is 12.2 Å². The van der Waals surface area contributed by atoms with Crippen molar-refractivity contribution in [1.82, 2.24) is 4.98 Å². The lowest BCUT2D eigenvalue weighted by Gasteiger charge is -2.10. The lowest BCUT2D eigenvalue weighted by molar-refractivity contribution is 0.394. The summed E-state index contributed by atoms with van der Waals surface area (Å²) in [7, 11) is 0. The molecule has 0 amide bonds. The number of oxazole rings is 1. The van der Waals surface area contributed by atoms with Crippen LogP contribution in [0.5, 0.6) is 0 Å². The summed E-state index contributed by atoms with van der Waals surface area (Å²) in [6, 6.07) is 7.26. The summed E-state index contributed by atoms with van der Waals surface area (Å²) in [5, 5.41) is 0.701. The molecule has 0 spiro atoms. The van der Waals surface area contributed by atoms with Crippen molar-refractivity contribution < 1.29 is 4.42 Å². The van der Waals surface area contributed by atoms with Gasteiger partial charge in [0.1, 0.15) is 0 Å². The van der Waals surface area contributed by atoms with Crippen LogP contribution in [0, 0.1) is 5.92 Å². The summed E-state index contributed by atoms with van der Waals surface area (Å²) in [5.41, 5.74) is 6.92. The van der Waals surface area contributed by atoms with E-state index < -0.39 is 0 Å². The van der Waals surface area contributed by atoms with Crippen LogP contribution in [0.4, 0.5) is 0 Å². The molecule has 17 heavy (non-hydrogen) atoms. The lowest BCUT2D eigenvalue weighted by Crippen LogP contribution is -2.16. The second kappa shape index (κ2) is 4.90. The fraction of sp³-hybridized carbons (Fsp3) is 0.308. The van der Waals surface area contributed by atoms with Crippen molar-refractivity contribution >= 4 is 11.6 Å². The van der Waals surface area contributed by atoms with Crippen LogP contribution in [0.25, 0.3) is 11.3 Å². The molecular formula is C13H15ClN2O. The fourth-order valence-corrected chi connectivity index (χ4v) is 1.60. The molecule has 0 bridgehead atoms. The second-order valence-electron chi connectivity index (χ2n) is 4.34. The molecule has 2 rings (SSSR count). The summed E-state index contributed by atoms with van der Waals surface area (Å²) in [6.45, 7) is 4.08. The van der Waals surface area contributed by atoms with Gasteiger partial charge in [-0.25, -0.2) is 4.98 Å². The third-order valence-electron chi connectivity index (χ3n) is 2.66. The van der Waals surface area contributed by atoms with E-state index in [9.17, 15) is 0 Å². The molecule has 1 heterocycles. The predicted octanol–water partition coefficient (Wildman–Crippen LogP) is 3.65. The summed E-state index contributed by atoms with van der Waals surface area (Å²) in [4.78, 5) is 4.21. The van der Waals surface area contributed by atoms with Crippen LogP contribution in [-0.2, 0) is 0 Å².